The molecular weight excluding hydrogens is 284 g/mol. The maximum atomic E-state index is 12.0. The van der Waals surface area contributed by atoms with Gasteiger partial charge in [-0.1, -0.05) is 0 Å². The number of hydrogen-bond acceptors (Lipinski definition) is 5. The molecule has 1 fully saturated rings. The molecule has 0 aromatic carbocycles. The minimum absolute atomic E-state index is 0.0630. The molecule has 1 atom stereocenters. The highest BCUT2D eigenvalue weighted by Crippen LogP contribution is 2.18. The van der Waals surface area contributed by atoms with E-state index in [1.54, 1.807) is 17.0 Å². The Balaban J connectivity index is 1.68. The standard InChI is InChI=1S/C16H24N2O4/c1-16(2,3)22-15(20)18-7-6-12(11-18)9-17-10-13(19)14-5-4-8-21-14/h4-5,8,12,17H,6-7,9-11H2,1-3H3. The van der Waals surface area contributed by atoms with Gasteiger partial charge in [0.05, 0.1) is 12.8 Å². The average molecular weight is 308 g/mol. The van der Waals surface area contributed by atoms with Gasteiger partial charge in [-0.15, -0.1) is 0 Å². The maximum Gasteiger partial charge on any atom is 0.410 e. The lowest BCUT2D eigenvalue weighted by Gasteiger charge is -2.24. The molecule has 1 aromatic heterocycles. The molecule has 22 heavy (non-hydrogen) atoms. The van der Waals surface area contributed by atoms with E-state index in [4.69, 9.17) is 9.15 Å². The molecule has 0 aliphatic carbocycles. The van der Waals surface area contributed by atoms with Crippen molar-refractivity contribution in [2.45, 2.75) is 32.8 Å². The molecule has 0 radical (unpaired) electrons. The van der Waals surface area contributed by atoms with Crippen LogP contribution in [0.3, 0.4) is 0 Å². The molecule has 0 saturated carbocycles. The predicted molar refractivity (Wildman–Crippen MR) is 81.8 cm³/mol. The van der Waals surface area contributed by atoms with Gasteiger partial charge >= 0.3 is 6.09 Å². The number of Topliss-reactive ketones (excluding diaryl/α,β-unsaturated/α-hetero) is 1. The number of rotatable bonds is 5. The topological polar surface area (TPSA) is 71.8 Å². The van der Waals surface area contributed by atoms with Crippen molar-refractivity contribution in [2.24, 2.45) is 5.92 Å². The van der Waals surface area contributed by atoms with E-state index >= 15 is 0 Å². The number of likely N-dealkylation sites (tertiary alicyclic amines) is 1. The lowest BCUT2D eigenvalue weighted by molar-refractivity contribution is 0.0288. The Labute approximate surface area is 130 Å². The van der Waals surface area contributed by atoms with Crippen molar-refractivity contribution >= 4 is 11.9 Å². The maximum absolute atomic E-state index is 12.0. The number of carbonyl (C=O) groups is 2. The van der Waals surface area contributed by atoms with Crippen molar-refractivity contribution < 1.29 is 18.7 Å². The van der Waals surface area contributed by atoms with Crippen LogP contribution < -0.4 is 5.32 Å². The molecule has 1 N–H and O–H groups in total. The predicted octanol–water partition coefficient (Wildman–Crippen LogP) is 2.31. The second-order valence-corrected chi connectivity index (χ2v) is 6.61. The summed E-state index contributed by atoms with van der Waals surface area (Å²) < 4.78 is 10.4. The Kier molecular flexibility index (Phi) is 5.24. The summed E-state index contributed by atoms with van der Waals surface area (Å²) >= 11 is 0. The van der Waals surface area contributed by atoms with E-state index in [0.29, 0.717) is 31.3 Å². The normalized spacial score (nSPS) is 18.5. The molecule has 0 bridgehead atoms. The smallest absolute Gasteiger partial charge is 0.410 e. The van der Waals surface area contributed by atoms with E-state index in [9.17, 15) is 9.59 Å². The van der Waals surface area contributed by atoms with E-state index in [2.05, 4.69) is 5.32 Å². The quantitative estimate of drug-likeness (QED) is 0.845. The van der Waals surface area contributed by atoms with E-state index in [-0.39, 0.29) is 18.4 Å². The molecule has 6 nitrogen and oxygen atoms in total. The first-order valence-corrected chi connectivity index (χ1v) is 7.60. The van der Waals surface area contributed by atoms with Gasteiger partial charge in [0.15, 0.2) is 5.76 Å². The molecule has 1 amide bonds. The van der Waals surface area contributed by atoms with Crippen LogP contribution in [0.25, 0.3) is 0 Å². The molecule has 1 unspecified atom stereocenters. The fourth-order valence-corrected chi connectivity index (χ4v) is 2.41. The number of amides is 1. The molecule has 122 valence electrons. The summed E-state index contributed by atoms with van der Waals surface area (Å²) in [7, 11) is 0. The zero-order chi connectivity index (χ0) is 16.2. The van der Waals surface area contributed by atoms with Crippen molar-refractivity contribution in [3.05, 3.63) is 24.2 Å². The van der Waals surface area contributed by atoms with E-state index < -0.39 is 5.60 Å². The second kappa shape index (κ2) is 6.96. The minimum Gasteiger partial charge on any atom is -0.461 e. The monoisotopic (exact) mass is 308 g/mol. The van der Waals surface area contributed by atoms with Crippen LogP contribution in [0.4, 0.5) is 4.79 Å². The molecule has 6 heteroatoms. The first-order chi connectivity index (χ1) is 10.3. The summed E-state index contributed by atoms with van der Waals surface area (Å²) in [5.74, 6) is 0.651. The van der Waals surface area contributed by atoms with Crippen LogP contribution in [0.15, 0.2) is 22.8 Å². The van der Waals surface area contributed by atoms with Crippen molar-refractivity contribution in [2.75, 3.05) is 26.2 Å². The van der Waals surface area contributed by atoms with Crippen molar-refractivity contribution in [3.63, 3.8) is 0 Å². The summed E-state index contributed by atoms with van der Waals surface area (Å²) in [6.45, 7) is 7.90. The molecule has 1 aliphatic heterocycles. The van der Waals surface area contributed by atoms with Gasteiger partial charge in [-0.25, -0.2) is 4.79 Å². The van der Waals surface area contributed by atoms with Crippen LogP contribution in [0.5, 0.6) is 0 Å². The van der Waals surface area contributed by atoms with Gasteiger partial charge in [-0.05, 0) is 45.2 Å². The fraction of sp³-hybridized carbons (Fsp3) is 0.625. The number of nitrogens with one attached hydrogen (secondary N) is 1. The number of ketones is 1. The fourth-order valence-electron chi connectivity index (χ4n) is 2.41. The Hall–Kier alpha value is -1.82. The molecule has 2 heterocycles. The number of nitrogens with zero attached hydrogens (tertiary/aromatic N) is 1. The van der Waals surface area contributed by atoms with Crippen molar-refractivity contribution in [1.82, 2.24) is 10.2 Å². The largest absolute Gasteiger partial charge is 0.461 e. The molecule has 1 aromatic rings. The Bertz CT molecular complexity index is 505. The Morgan fingerprint density at radius 2 is 2.23 bits per heavy atom. The van der Waals surface area contributed by atoms with Gasteiger partial charge < -0.3 is 19.4 Å². The van der Waals surface area contributed by atoms with Crippen LogP contribution in [0.2, 0.25) is 0 Å². The molecule has 2 rings (SSSR count). The van der Waals surface area contributed by atoms with Crippen LogP contribution in [-0.2, 0) is 4.74 Å². The third kappa shape index (κ3) is 4.87. The lowest BCUT2D eigenvalue weighted by atomic mass is 10.1. The third-order valence-corrected chi connectivity index (χ3v) is 3.45. The average Bonchev–Trinajstić information content (AvgIpc) is 3.08. The molecule has 1 aliphatic rings. The summed E-state index contributed by atoms with van der Waals surface area (Å²) in [4.78, 5) is 25.5. The second-order valence-electron chi connectivity index (χ2n) is 6.61. The lowest BCUT2D eigenvalue weighted by Crippen LogP contribution is -2.36. The van der Waals surface area contributed by atoms with E-state index in [1.807, 2.05) is 20.8 Å². The highest BCUT2D eigenvalue weighted by Gasteiger charge is 2.29. The number of hydrogen-bond donors (Lipinski definition) is 1. The van der Waals surface area contributed by atoms with E-state index in [0.717, 1.165) is 6.42 Å². The Morgan fingerprint density at radius 1 is 1.45 bits per heavy atom. The van der Waals surface area contributed by atoms with Crippen LogP contribution in [-0.4, -0.2) is 48.6 Å². The number of ether oxygens (including phenoxy) is 1. The molecular formula is C16H24N2O4. The SMILES string of the molecule is CC(C)(C)OC(=O)N1CCC(CNCC(=O)c2ccco2)C1. The zero-order valence-electron chi connectivity index (χ0n) is 13.4. The van der Waals surface area contributed by atoms with Gasteiger partial charge in [0.1, 0.15) is 5.60 Å². The highest BCUT2D eigenvalue weighted by atomic mass is 16.6. The summed E-state index contributed by atoms with van der Waals surface area (Å²) in [5.41, 5.74) is -0.469. The van der Waals surface area contributed by atoms with Gasteiger partial charge in [-0.2, -0.15) is 0 Å². The Morgan fingerprint density at radius 3 is 2.86 bits per heavy atom. The van der Waals surface area contributed by atoms with Gasteiger partial charge in [-0.3, -0.25) is 4.79 Å². The highest BCUT2D eigenvalue weighted by molar-refractivity contribution is 5.94. The minimum atomic E-state index is -0.469. The number of carbonyl (C=O) groups excluding carboxylic acids is 2. The molecule has 1 saturated heterocycles. The van der Waals surface area contributed by atoms with Gasteiger partial charge in [0, 0.05) is 19.6 Å². The third-order valence-electron chi connectivity index (χ3n) is 3.45. The van der Waals surface area contributed by atoms with Gasteiger partial charge in [0.2, 0.25) is 5.78 Å². The van der Waals surface area contributed by atoms with Gasteiger partial charge in [0.25, 0.3) is 0 Å². The summed E-state index contributed by atoms with van der Waals surface area (Å²) in [6.07, 6.45) is 2.14. The van der Waals surface area contributed by atoms with E-state index in [1.165, 1.54) is 6.26 Å². The van der Waals surface area contributed by atoms with Crippen LogP contribution in [0.1, 0.15) is 37.7 Å². The molecule has 0 spiro atoms. The van der Waals surface area contributed by atoms with Crippen LogP contribution >= 0.6 is 0 Å². The van der Waals surface area contributed by atoms with Crippen LogP contribution in [0, 0.1) is 5.92 Å². The number of furan rings is 1. The summed E-state index contributed by atoms with van der Waals surface area (Å²) in [5, 5.41) is 3.13. The summed E-state index contributed by atoms with van der Waals surface area (Å²) in [6, 6.07) is 3.35. The van der Waals surface area contributed by atoms with Crippen molar-refractivity contribution in [1.29, 1.82) is 0 Å². The first-order valence-electron chi connectivity index (χ1n) is 7.60. The first kappa shape index (κ1) is 16.5. The zero-order valence-corrected chi connectivity index (χ0v) is 13.4. The van der Waals surface area contributed by atoms with Crippen molar-refractivity contribution in [3.8, 4) is 0 Å².